The van der Waals surface area contributed by atoms with Gasteiger partial charge >= 0.3 is 0 Å². The Bertz CT molecular complexity index is 855. The molecule has 0 saturated heterocycles. The number of nitrogens with zero attached hydrogens (tertiary/aromatic N) is 1. The Morgan fingerprint density at radius 1 is 1.00 bits per heavy atom. The number of amides is 3. The van der Waals surface area contributed by atoms with Crippen LogP contribution in [0.5, 0.6) is 0 Å². The normalized spacial score (nSPS) is 12.8. The van der Waals surface area contributed by atoms with Gasteiger partial charge in [0.15, 0.2) is 0 Å². The summed E-state index contributed by atoms with van der Waals surface area (Å²) in [7, 11) is 2.69. The highest BCUT2D eigenvalue weighted by molar-refractivity contribution is 14.1. The lowest BCUT2D eigenvalue weighted by Gasteiger charge is -2.26. The van der Waals surface area contributed by atoms with E-state index in [4.69, 9.17) is 14.9 Å². The summed E-state index contributed by atoms with van der Waals surface area (Å²) in [6.45, 7) is -0.945. The van der Waals surface area contributed by atoms with Gasteiger partial charge in [-0.3, -0.25) is 14.4 Å². The van der Waals surface area contributed by atoms with Gasteiger partial charge in [-0.2, -0.15) is 0 Å². The molecule has 1 rings (SSSR count). The number of nitrogens with one attached hydrogen (secondary N) is 2. The Balaban J connectivity index is 3.65. The summed E-state index contributed by atoms with van der Waals surface area (Å²) >= 11 is 5.54. The molecule has 0 aliphatic rings. The summed E-state index contributed by atoms with van der Waals surface area (Å²) in [6, 6.07) is 0. The number of aliphatic hydroxyl groups excluding tert-OH is 4. The van der Waals surface area contributed by atoms with Crippen LogP contribution in [-0.4, -0.2) is 89.5 Å². The van der Waals surface area contributed by atoms with Crippen LogP contribution < -0.4 is 10.6 Å². The average molecular weight is 791 g/mol. The fourth-order valence-corrected chi connectivity index (χ4v) is 6.89. The first-order valence-electron chi connectivity index (χ1n) is 9.16. The number of rotatable bonds is 11. The summed E-state index contributed by atoms with van der Waals surface area (Å²) < 4.78 is 5.72. The number of hydrogen-bond acceptors (Lipinski definition) is 8. The maximum atomic E-state index is 13.2. The largest absolute Gasteiger partial charge is 0.396 e. The molecule has 0 bridgehead atoms. The lowest BCUT2D eigenvalue weighted by atomic mass is 10.1. The zero-order valence-corrected chi connectivity index (χ0v) is 23.7. The van der Waals surface area contributed by atoms with Crippen molar-refractivity contribution in [2.45, 2.75) is 25.3 Å². The van der Waals surface area contributed by atoms with Crippen LogP contribution >= 0.6 is 67.8 Å². The standard InChI is InChI=1S/C18H24I3N3O8/c1-24(10(29)4-6-26)18(31)12-13(19)11(17(30)23-8(27)3-5-25)14(20)16(15(12)21)22-9(28)7-32-2/h8,10,25-27,29H,3-7H2,1-2H3,(H,22,28)(H,23,30). The Hall–Kier alpha value is -0.380. The molecule has 180 valence electrons. The highest BCUT2D eigenvalue weighted by Gasteiger charge is 2.31. The van der Waals surface area contributed by atoms with Crippen LogP contribution in [0.2, 0.25) is 0 Å². The van der Waals surface area contributed by atoms with Gasteiger partial charge < -0.3 is 40.7 Å². The molecular formula is C18H24I3N3O8. The number of ether oxygens (including phenoxy) is 1. The molecule has 32 heavy (non-hydrogen) atoms. The van der Waals surface area contributed by atoms with Crippen LogP contribution in [0.25, 0.3) is 0 Å². The Labute approximate surface area is 225 Å². The fraction of sp³-hybridized carbons (Fsp3) is 0.500. The third-order valence-corrected chi connectivity index (χ3v) is 7.39. The number of aliphatic hydroxyl groups is 4. The minimum atomic E-state index is -1.32. The number of carbonyl (C=O) groups excluding carboxylic acids is 3. The van der Waals surface area contributed by atoms with Crippen molar-refractivity contribution in [3.8, 4) is 0 Å². The highest BCUT2D eigenvalue weighted by Crippen LogP contribution is 2.36. The van der Waals surface area contributed by atoms with Gasteiger partial charge in [-0.15, -0.1) is 0 Å². The van der Waals surface area contributed by atoms with Crippen LogP contribution in [0.4, 0.5) is 5.69 Å². The lowest BCUT2D eigenvalue weighted by molar-refractivity contribution is -0.119. The van der Waals surface area contributed by atoms with E-state index in [-0.39, 0.29) is 53.0 Å². The maximum absolute atomic E-state index is 13.2. The predicted octanol–water partition coefficient (Wildman–Crippen LogP) is 0.289. The zero-order valence-electron chi connectivity index (χ0n) is 17.2. The zero-order chi connectivity index (χ0) is 24.6. The van der Waals surface area contributed by atoms with E-state index in [1.165, 1.54) is 14.2 Å². The smallest absolute Gasteiger partial charge is 0.257 e. The molecule has 1 aromatic carbocycles. The van der Waals surface area contributed by atoms with Crippen LogP contribution in [-0.2, 0) is 9.53 Å². The molecule has 11 nitrogen and oxygen atoms in total. The summed E-state index contributed by atoms with van der Waals surface area (Å²) in [5, 5.41) is 43.0. The van der Waals surface area contributed by atoms with E-state index in [0.29, 0.717) is 7.14 Å². The fourth-order valence-electron chi connectivity index (χ4n) is 2.51. The topological polar surface area (TPSA) is 169 Å². The Morgan fingerprint density at radius 2 is 1.56 bits per heavy atom. The van der Waals surface area contributed by atoms with Crippen molar-refractivity contribution in [1.82, 2.24) is 10.2 Å². The van der Waals surface area contributed by atoms with Gasteiger partial charge in [-0.1, -0.05) is 0 Å². The molecule has 0 saturated carbocycles. The van der Waals surface area contributed by atoms with Crippen molar-refractivity contribution < 1.29 is 39.5 Å². The molecular weight excluding hydrogens is 767 g/mol. The number of hydrogen-bond donors (Lipinski definition) is 6. The van der Waals surface area contributed by atoms with Crippen molar-refractivity contribution in [2.24, 2.45) is 0 Å². The minimum absolute atomic E-state index is 0.0321. The van der Waals surface area contributed by atoms with Crippen molar-refractivity contribution >= 4 is 91.2 Å². The van der Waals surface area contributed by atoms with E-state index in [1.54, 1.807) is 0 Å². The molecule has 0 spiro atoms. The van der Waals surface area contributed by atoms with E-state index in [1.807, 2.05) is 67.8 Å². The van der Waals surface area contributed by atoms with Crippen LogP contribution in [0.1, 0.15) is 33.6 Å². The van der Waals surface area contributed by atoms with Gasteiger partial charge in [0, 0.05) is 43.8 Å². The molecule has 2 atom stereocenters. The quantitative estimate of drug-likeness (QED) is 0.138. The predicted molar refractivity (Wildman–Crippen MR) is 140 cm³/mol. The van der Waals surface area contributed by atoms with E-state index in [0.717, 1.165) is 4.90 Å². The summed E-state index contributed by atoms with van der Waals surface area (Å²) in [4.78, 5) is 39.3. The summed E-state index contributed by atoms with van der Waals surface area (Å²) in [5.74, 6) is -1.86. The maximum Gasteiger partial charge on any atom is 0.257 e. The number of carbonyl (C=O) groups is 3. The molecule has 0 aromatic heterocycles. The van der Waals surface area contributed by atoms with E-state index in [2.05, 4.69) is 10.6 Å². The van der Waals surface area contributed by atoms with E-state index < -0.39 is 30.2 Å². The minimum Gasteiger partial charge on any atom is -0.396 e. The third-order valence-electron chi connectivity index (χ3n) is 4.15. The molecule has 0 aliphatic heterocycles. The van der Waals surface area contributed by atoms with Gasteiger partial charge in [-0.25, -0.2) is 0 Å². The van der Waals surface area contributed by atoms with Gasteiger partial charge in [0.1, 0.15) is 19.1 Å². The number of anilines is 1. The molecule has 2 unspecified atom stereocenters. The molecule has 14 heteroatoms. The number of methoxy groups -OCH3 is 1. The van der Waals surface area contributed by atoms with E-state index >= 15 is 0 Å². The molecule has 3 amide bonds. The van der Waals surface area contributed by atoms with Gasteiger partial charge in [0.25, 0.3) is 11.8 Å². The SMILES string of the molecule is COCC(=O)Nc1c(I)c(C(=O)NC(O)CCO)c(I)c(C(=O)N(C)C(O)CCO)c1I. The first-order chi connectivity index (χ1) is 15.0. The molecule has 6 N–H and O–H groups in total. The van der Waals surface area contributed by atoms with Crippen LogP contribution in [0.15, 0.2) is 0 Å². The number of halogens is 3. The van der Waals surface area contributed by atoms with Crippen molar-refractivity contribution in [1.29, 1.82) is 0 Å². The van der Waals surface area contributed by atoms with Gasteiger partial charge in [0.2, 0.25) is 5.91 Å². The second-order valence-corrected chi connectivity index (χ2v) is 9.69. The van der Waals surface area contributed by atoms with Crippen molar-refractivity contribution in [3.05, 3.63) is 21.8 Å². The average Bonchev–Trinajstić information content (AvgIpc) is 2.71. The van der Waals surface area contributed by atoms with Crippen molar-refractivity contribution in [3.63, 3.8) is 0 Å². The lowest BCUT2D eigenvalue weighted by Crippen LogP contribution is -2.40. The first-order valence-corrected chi connectivity index (χ1v) is 12.4. The molecule has 0 heterocycles. The van der Waals surface area contributed by atoms with Crippen molar-refractivity contribution in [2.75, 3.05) is 39.3 Å². The summed E-state index contributed by atoms with van der Waals surface area (Å²) in [5.41, 5.74) is 0.286. The monoisotopic (exact) mass is 791 g/mol. The molecule has 0 fully saturated rings. The third kappa shape index (κ3) is 7.57. The first kappa shape index (κ1) is 29.7. The Morgan fingerprint density at radius 3 is 2.09 bits per heavy atom. The second-order valence-electron chi connectivity index (χ2n) is 6.46. The number of benzene rings is 1. The van der Waals surface area contributed by atoms with Crippen LogP contribution in [0, 0.1) is 10.7 Å². The van der Waals surface area contributed by atoms with Gasteiger partial charge in [0.05, 0.1) is 24.0 Å². The molecule has 0 aliphatic carbocycles. The second kappa shape index (κ2) is 14.1. The molecule has 1 aromatic rings. The van der Waals surface area contributed by atoms with Gasteiger partial charge in [-0.05, 0) is 67.8 Å². The highest BCUT2D eigenvalue weighted by atomic mass is 127. The molecule has 0 radical (unpaired) electrons. The summed E-state index contributed by atoms with van der Waals surface area (Å²) in [6.07, 6.45) is -2.76. The van der Waals surface area contributed by atoms with E-state index in [9.17, 15) is 24.6 Å². The van der Waals surface area contributed by atoms with Crippen LogP contribution in [0.3, 0.4) is 0 Å². The Kier molecular flexibility index (Phi) is 13.1.